The molecular formula is C10H16. The van der Waals surface area contributed by atoms with Gasteiger partial charge in [-0.1, -0.05) is 13.8 Å². The van der Waals surface area contributed by atoms with Gasteiger partial charge in [0.15, 0.2) is 0 Å². The fourth-order valence-electron chi connectivity index (χ4n) is 3.31. The minimum atomic E-state index is 0.952. The zero-order valence-electron chi connectivity index (χ0n) is 6.93. The maximum atomic E-state index is 2.36. The molecule has 0 bridgehead atoms. The van der Waals surface area contributed by atoms with Crippen LogP contribution in [0.25, 0.3) is 0 Å². The number of rotatable bonds is 2. The topological polar surface area (TPSA) is 0 Å². The molecule has 0 nitrogen and oxygen atoms in total. The molecule has 3 aliphatic carbocycles. The molecule has 0 aromatic rings. The van der Waals surface area contributed by atoms with E-state index in [1.807, 2.05) is 0 Å². The highest BCUT2D eigenvalue weighted by Crippen LogP contribution is 2.92. The molecule has 0 amide bonds. The molecule has 0 N–H and O–H groups in total. The first-order valence-electron chi connectivity index (χ1n) is 4.76. The van der Waals surface area contributed by atoms with E-state index in [2.05, 4.69) is 13.8 Å². The van der Waals surface area contributed by atoms with Crippen molar-refractivity contribution in [3.8, 4) is 0 Å². The molecule has 3 fully saturated rings. The summed E-state index contributed by atoms with van der Waals surface area (Å²) < 4.78 is 0. The first-order chi connectivity index (χ1) is 4.76. The van der Waals surface area contributed by atoms with Gasteiger partial charge in [-0.05, 0) is 48.3 Å². The molecule has 0 heterocycles. The van der Waals surface area contributed by atoms with Gasteiger partial charge in [0.2, 0.25) is 0 Å². The van der Waals surface area contributed by atoms with Gasteiger partial charge in [-0.15, -0.1) is 0 Å². The standard InChI is InChI=1S/C10H16/c1-6(2)5-7-8-9(7)10(8)3-4-10/h6-9H,3-5H2,1-2H3. The lowest BCUT2D eigenvalue weighted by Crippen LogP contribution is -2.03. The molecule has 3 saturated carbocycles. The zero-order chi connectivity index (χ0) is 6.93. The molecule has 3 rings (SSSR count). The lowest BCUT2D eigenvalue weighted by atomic mass is 9.94. The van der Waals surface area contributed by atoms with Crippen LogP contribution in [0.5, 0.6) is 0 Å². The van der Waals surface area contributed by atoms with E-state index in [-0.39, 0.29) is 0 Å². The minimum Gasteiger partial charge on any atom is -0.0628 e. The molecule has 0 aliphatic heterocycles. The van der Waals surface area contributed by atoms with Gasteiger partial charge in [0.1, 0.15) is 0 Å². The summed E-state index contributed by atoms with van der Waals surface area (Å²) in [5, 5.41) is 0. The van der Waals surface area contributed by atoms with Crippen molar-refractivity contribution in [3.05, 3.63) is 0 Å². The quantitative estimate of drug-likeness (QED) is 0.547. The molecule has 56 valence electrons. The second-order valence-electron chi connectivity index (χ2n) is 5.08. The summed E-state index contributed by atoms with van der Waals surface area (Å²) in [5.41, 5.74) is 1.01. The number of hydrogen-bond acceptors (Lipinski definition) is 0. The predicted octanol–water partition coefficient (Wildman–Crippen LogP) is 2.69. The highest BCUT2D eigenvalue weighted by atomic mass is 14.9. The highest BCUT2D eigenvalue weighted by molar-refractivity contribution is 5.34. The molecule has 10 heavy (non-hydrogen) atoms. The lowest BCUT2D eigenvalue weighted by Gasteiger charge is -2.11. The van der Waals surface area contributed by atoms with Crippen LogP contribution in [0.1, 0.15) is 33.1 Å². The normalized spacial score (nSPS) is 51.3. The minimum absolute atomic E-state index is 0.952. The van der Waals surface area contributed by atoms with E-state index in [1.54, 1.807) is 12.8 Å². The molecule has 2 atom stereocenters. The van der Waals surface area contributed by atoms with Crippen LogP contribution in [0.2, 0.25) is 0 Å². The van der Waals surface area contributed by atoms with E-state index in [0.29, 0.717) is 0 Å². The van der Waals surface area contributed by atoms with Crippen LogP contribution < -0.4 is 0 Å². The Morgan fingerprint density at radius 1 is 1.30 bits per heavy atom. The second-order valence-corrected chi connectivity index (χ2v) is 5.08. The van der Waals surface area contributed by atoms with E-state index in [4.69, 9.17) is 0 Å². The monoisotopic (exact) mass is 136 g/mol. The summed E-state index contributed by atoms with van der Waals surface area (Å²) in [4.78, 5) is 0. The third-order valence-corrected chi connectivity index (χ3v) is 3.96. The fourth-order valence-corrected chi connectivity index (χ4v) is 3.31. The summed E-state index contributed by atoms with van der Waals surface area (Å²) in [7, 11) is 0. The second kappa shape index (κ2) is 1.31. The first-order valence-corrected chi connectivity index (χ1v) is 4.76. The largest absolute Gasteiger partial charge is 0.0628 e. The molecule has 0 heteroatoms. The molecular weight excluding hydrogens is 120 g/mol. The van der Waals surface area contributed by atoms with Crippen LogP contribution in [-0.4, -0.2) is 0 Å². The third-order valence-electron chi connectivity index (χ3n) is 3.96. The van der Waals surface area contributed by atoms with E-state index in [1.165, 1.54) is 24.2 Å². The Kier molecular flexibility index (Phi) is 0.735. The number of fused-ring (bicyclic) bond motifs is 3. The van der Waals surface area contributed by atoms with Gasteiger partial charge in [-0.3, -0.25) is 0 Å². The average Bonchev–Trinajstić information content (AvgIpc) is 2.56. The fraction of sp³-hybridized carbons (Fsp3) is 1.00. The van der Waals surface area contributed by atoms with Crippen molar-refractivity contribution in [3.63, 3.8) is 0 Å². The molecule has 2 unspecified atom stereocenters. The maximum absolute atomic E-state index is 2.36. The van der Waals surface area contributed by atoms with Gasteiger partial charge in [0, 0.05) is 0 Å². The van der Waals surface area contributed by atoms with Crippen LogP contribution in [0.15, 0.2) is 0 Å². The van der Waals surface area contributed by atoms with Crippen molar-refractivity contribution in [2.75, 3.05) is 0 Å². The van der Waals surface area contributed by atoms with Crippen molar-refractivity contribution in [2.24, 2.45) is 29.1 Å². The van der Waals surface area contributed by atoms with E-state index in [0.717, 1.165) is 11.3 Å². The van der Waals surface area contributed by atoms with Crippen LogP contribution in [0.3, 0.4) is 0 Å². The highest BCUT2D eigenvalue weighted by Gasteiger charge is 2.87. The Hall–Kier alpha value is 0. The van der Waals surface area contributed by atoms with Gasteiger partial charge in [0.25, 0.3) is 0 Å². The SMILES string of the molecule is CC(C)CC1C2C1C21CC1. The Morgan fingerprint density at radius 2 is 1.90 bits per heavy atom. The van der Waals surface area contributed by atoms with Gasteiger partial charge >= 0.3 is 0 Å². The van der Waals surface area contributed by atoms with Gasteiger partial charge in [-0.2, -0.15) is 0 Å². The van der Waals surface area contributed by atoms with Gasteiger partial charge in [0.05, 0.1) is 0 Å². The Balaban J connectivity index is 1.56. The predicted molar refractivity (Wildman–Crippen MR) is 41.6 cm³/mol. The van der Waals surface area contributed by atoms with E-state index >= 15 is 0 Å². The van der Waals surface area contributed by atoms with E-state index < -0.39 is 0 Å². The average molecular weight is 136 g/mol. The summed E-state index contributed by atoms with van der Waals surface area (Å²) in [6.45, 7) is 4.72. The Labute approximate surface area is 63.0 Å². The maximum Gasteiger partial charge on any atom is -0.0229 e. The van der Waals surface area contributed by atoms with Crippen LogP contribution in [-0.2, 0) is 0 Å². The van der Waals surface area contributed by atoms with Crippen molar-refractivity contribution >= 4 is 0 Å². The molecule has 0 saturated heterocycles. The van der Waals surface area contributed by atoms with Crippen LogP contribution in [0, 0.1) is 29.1 Å². The van der Waals surface area contributed by atoms with Crippen molar-refractivity contribution in [1.82, 2.24) is 0 Å². The summed E-state index contributed by atoms with van der Waals surface area (Å²) >= 11 is 0. The Bertz CT molecular complexity index is 164. The Morgan fingerprint density at radius 3 is 2.30 bits per heavy atom. The van der Waals surface area contributed by atoms with Crippen molar-refractivity contribution < 1.29 is 0 Å². The summed E-state index contributed by atoms with van der Waals surface area (Å²) in [5.74, 6) is 4.64. The molecule has 0 aromatic heterocycles. The van der Waals surface area contributed by atoms with Gasteiger partial charge < -0.3 is 0 Å². The smallest absolute Gasteiger partial charge is 0.0229 e. The lowest BCUT2D eigenvalue weighted by molar-refractivity contribution is 0.384. The first kappa shape index (κ1) is 5.62. The summed E-state index contributed by atoms with van der Waals surface area (Å²) in [6, 6.07) is 0. The number of hydrogen-bond donors (Lipinski definition) is 0. The summed E-state index contributed by atoms with van der Waals surface area (Å²) in [6.07, 6.45) is 4.71. The van der Waals surface area contributed by atoms with Crippen LogP contribution in [0.4, 0.5) is 0 Å². The molecule has 0 radical (unpaired) electrons. The zero-order valence-corrected chi connectivity index (χ0v) is 6.93. The van der Waals surface area contributed by atoms with Crippen molar-refractivity contribution in [1.29, 1.82) is 0 Å². The van der Waals surface area contributed by atoms with E-state index in [9.17, 15) is 0 Å². The van der Waals surface area contributed by atoms with Crippen molar-refractivity contribution in [2.45, 2.75) is 33.1 Å². The van der Waals surface area contributed by atoms with Crippen LogP contribution >= 0.6 is 0 Å². The van der Waals surface area contributed by atoms with Gasteiger partial charge in [-0.25, -0.2) is 0 Å². The molecule has 0 aromatic carbocycles. The molecule has 3 aliphatic rings. The third kappa shape index (κ3) is 0.466. The molecule has 1 spiro atoms.